The molecule has 0 atom stereocenters. The van der Waals surface area contributed by atoms with Crippen molar-refractivity contribution in [1.82, 2.24) is 25.8 Å². The van der Waals surface area contributed by atoms with Gasteiger partial charge in [0.2, 0.25) is 0 Å². The fraction of sp³-hybridized carbons (Fsp3) is 0. The van der Waals surface area contributed by atoms with Crippen molar-refractivity contribution in [1.29, 1.82) is 0 Å². The maximum Gasteiger partial charge on any atom is 0.281 e. The van der Waals surface area contributed by atoms with E-state index in [9.17, 15) is 5.21 Å². The molecule has 10 heteroatoms. The van der Waals surface area contributed by atoms with Crippen molar-refractivity contribution >= 4 is 0 Å². The molecule has 0 aliphatic rings. The first-order chi connectivity index (χ1) is 7.86. The fourth-order valence-electron chi connectivity index (χ4n) is 1.17. The largest absolute Gasteiger partial charge is 0.359 e. The highest BCUT2D eigenvalue weighted by Crippen LogP contribution is 2.23. The Balaban J connectivity index is 2.21. The van der Waals surface area contributed by atoms with Crippen LogP contribution in [0.25, 0.3) is 22.8 Å². The number of aromatic nitrogens is 6. The Labute approximate surface area is 85.9 Å². The molecule has 0 aromatic carbocycles. The summed E-state index contributed by atoms with van der Waals surface area (Å²) in [7, 11) is 0. The van der Waals surface area contributed by atoms with Crippen molar-refractivity contribution in [3.05, 3.63) is 17.6 Å². The molecule has 16 heavy (non-hydrogen) atoms. The Bertz CT molecular complexity index is 585. The van der Waals surface area contributed by atoms with E-state index in [1.165, 1.54) is 12.4 Å². The van der Waals surface area contributed by atoms with Crippen LogP contribution in [0.15, 0.2) is 26.3 Å². The van der Waals surface area contributed by atoms with Crippen LogP contribution in [0.3, 0.4) is 0 Å². The van der Waals surface area contributed by atoms with Crippen LogP contribution in [0.1, 0.15) is 0 Å². The van der Waals surface area contributed by atoms with Gasteiger partial charge in [-0.1, -0.05) is 10.3 Å². The van der Waals surface area contributed by atoms with E-state index in [-0.39, 0.29) is 27.7 Å². The lowest BCUT2D eigenvalue weighted by Crippen LogP contribution is -2.25. The first-order valence-corrected chi connectivity index (χ1v) is 4.02. The average Bonchev–Trinajstić information content (AvgIpc) is 2.96. The van der Waals surface area contributed by atoms with Crippen molar-refractivity contribution in [2.75, 3.05) is 0 Å². The van der Waals surface area contributed by atoms with Crippen LogP contribution in [0.5, 0.6) is 0 Å². The second-order valence-electron chi connectivity index (χ2n) is 2.71. The molecule has 10 nitrogen and oxygen atoms in total. The van der Waals surface area contributed by atoms with E-state index >= 15 is 0 Å². The number of hydrogen-bond acceptors (Lipinski definition) is 9. The zero-order chi connectivity index (χ0) is 11.0. The van der Waals surface area contributed by atoms with Crippen LogP contribution in [0.2, 0.25) is 0 Å². The van der Waals surface area contributed by atoms with E-state index in [0.717, 1.165) is 0 Å². The lowest BCUT2D eigenvalue weighted by Gasteiger charge is -1.88. The minimum Gasteiger partial charge on any atom is -0.359 e. The topological polar surface area (TPSA) is 131 Å². The monoisotopic (exact) mass is 222 g/mol. The van der Waals surface area contributed by atoms with Gasteiger partial charge >= 0.3 is 0 Å². The lowest BCUT2D eigenvalue weighted by molar-refractivity contribution is -0.793. The van der Waals surface area contributed by atoms with Crippen LogP contribution in [-0.4, -0.2) is 25.8 Å². The van der Waals surface area contributed by atoms with Gasteiger partial charge in [0.15, 0.2) is 11.4 Å². The van der Waals surface area contributed by atoms with E-state index < -0.39 is 0 Å². The third-order valence-electron chi connectivity index (χ3n) is 1.82. The Morgan fingerprint density at radius 3 is 2.31 bits per heavy atom. The van der Waals surface area contributed by atoms with E-state index in [2.05, 4.69) is 39.7 Å². The minimum atomic E-state index is 0.0250. The zero-order valence-electron chi connectivity index (χ0n) is 7.47. The highest BCUT2D eigenvalue weighted by molar-refractivity contribution is 5.69. The smallest absolute Gasteiger partial charge is 0.281 e. The first-order valence-electron chi connectivity index (χ1n) is 4.02. The average molecular weight is 222 g/mol. The maximum atomic E-state index is 11.3. The summed E-state index contributed by atoms with van der Waals surface area (Å²) in [5.41, 5.74) is 0.592. The Morgan fingerprint density at radius 1 is 1.00 bits per heavy atom. The van der Waals surface area contributed by atoms with Crippen LogP contribution >= 0.6 is 0 Å². The minimum absolute atomic E-state index is 0.0250. The van der Waals surface area contributed by atoms with Gasteiger partial charge in [0.25, 0.3) is 11.4 Å². The summed E-state index contributed by atoms with van der Waals surface area (Å²) in [6.07, 6.45) is 2.53. The SMILES string of the molecule is [O-][n+]1onc(-c2cnon2)c1-c1cnon1. The molecule has 3 aromatic rings. The van der Waals surface area contributed by atoms with Crippen LogP contribution < -0.4 is 4.90 Å². The highest BCUT2D eigenvalue weighted by Gasteiger charge is 2.27. The molecule has 0 N–H and O–H groups in total. The van der Waals surface area contributed by atoms with Gasteiger partial charge < -0.3 is 5.21 Å². The van der Waals surface area contributed by atoms with Crippen molar-refractivity contribution < 1.29 is 18.8 Å². The molecule has 3 heterocycles. The summed E-state index contributed by atoms with van der Waals surface area (Å²) in [6, 6.07) is 0. The third kappa shape index (κ3) is 1.13. The van der Waals surface area contributed by atoms with Crippen LogP contribution in [0, 0.1) is 5.21 Å². The predicted molar refractivity (Wildman–Crippen MR) is 42.0 cm³/mol. The lowest BCUT2D eigenvalue weighted by atomic mass is 10.2. The van der Waals surface area contributed by atoms with Crippen molar-refractivity contribution in [3.63, 3.8) is 0 Å². The Morgan fingerprint density at radius 2 is 1.69 bits per heavy atom. The molecule has 0 fully saturated rings. The van der Waals surface area contributed by atoms with Gasteiger partial charge in [0, 0.05) is 5.16 Å². The van der Waals surface area contributed by atoms with Crippen LogP contribution in [-0.2, 0) is 0 Å². The van der Waals surface area contributed by atoms with E-state index in [0.29, 0.717) is 0 Å². The number of nitrogens with zero attached hydrogens (tertiary/aromatic N) is 6. The molecule has 0 spiro atoms. The Hall–Kier alpha value is -2.78. The van der Waals surface area contributed by atoms with Gasteiger partial charge in [-0.15, -0.1) is 0 Å². The molecule has 0 radical (unpaired) electrons. The normalized spacial score (nSPS) is 10.8. The molecule has 0 bridgehead atoms. The molecule has 0 unspecified atom stereocenters. The summed E-state index contributed by atoms with van der Waals surface area (Å²) >= 11 is 0. The van der Waals surface area contributed by atoms with Gasteiger partial charge in [0.05, 0.1) is 0 Å². The summed E-state index contributed by atoms with van der Waals surface area (Å²) in [5.74, 6) is 0. The molecular weight excluding hydrogens is 220 g/mol. The third-order valence-corrected chi connectivity index (χ3v) is 1.82. The molecule has 0 saturated carbocycles. The van der Waals surface area contributed by atoms with Crippen molar-refractivity contribution in [3.8, 4) is 22.8 Å². The summed E-state index contributed by atoms with van der Waals surface area (Å²) in [6.45, 7) is 0. The fourth-order valence-corrected chi connectivity index (χ4v) is 1.17. The Kier molecular flexibility index (Phi) is 1.66. The summed E-state index contributed by atoms with van der Waals surface area (Å²) in [4.78, 5) is 0.170. The van der Waals surface area contributed by atoms with Gasteiger partial charge in [-0.2, -0.15) is 0 Å². The molecule has 0 saturated heterocycles. The zero-order valence-corrected chi connectivity index (χ0v) is 7.47. The van der Waals surface area contributed by atoms with E-state index in [4.69, 9.17) is 0 Å². The van der Waals surface area contributed by atoms with Gasteiger partial charge in [0.1, 0.15) is 12.4 Å². The first kappa shape index (κ1) is 8.52. The number of rotatable bonds is 2. The quantitative estimate of drug-likeness (QED) is 0.521. The predicted octanol–water partition coefficient (Wildman–Crippen LogP) is -0.592. The molecule has 0 aliphatic carbocycles. The van der Waals surface area contributed by atoms with Gasteiger partial charge in [-0.25, -0.2) is 9.26 Å². The second kappa shape index (κ2) is 3.12. The molecular formula is C6H2N6O4. The number of hydrogen-bond donors (Lipinski definition) is 0. The van der Waals surface area contributed by atoms with Crippen LogP contribution in [0.4, 0.5) is 0 Å². The second-order valence-corrected chi connectivity index (χ2v) is 2.71. The maximum absolute atomic E-state index is 11.3. The highest BCUT2D eigenvalue weighted by atomic mass is 16.8. The molecule has 3 aromatic heterocycles. The standard InChI is InChI=1S/C6H2N6O4/c13-12-6(4-2-8-15-10-4)5(11-16-12)3-1-7-14-9-3/h1-2H. The van der Waals surface area contributed by atoms with Gasteiger partial charge in [-0.05, 0) is 15.2 Å². The molecule has 80 valence electrons. The van der Waals surface area contributed by atoms with E-state index in [1.54, 1.807) is 0 Å². The summed E-state index contributed by atoms with van der Waals surface area (Å²) < 4.78 is 13.2. The summed E-state index contributed by atoms with van der Waals surface area (Å²) in [5, 5.41) is 28.7. The molecule has 3 rings (SSSR count). The van der Waals surface area contributed by atoms with Gasteiger partial charge in [-0.3, -0.25) is 4.63 Å². The van der Waals surface area contributed by atoms with Crippen molar-refractivity contribution in [2.45, 2.75) is 0 Å². The van der Waals surface area contributed by atoms with E-state index in [1.807, 2.05) is 0 Å². The van der Waals surface area contributed by atoms with Crippen molar-refractivity contribution in [2.24, 2.45) is 0 Å². The molecule has 0 amide bonds. The molecule has 0 aliphatic heterocycles.